The van der Waals surface area contributed by atoms with Gasteiger partial charge in [-0.3, -0.25) is 0 Å². The Kier molecular flexibility index (Phi) is 3.26. The van der Waals surface area contributed by atoms with Gasteiger partial charge in [0, 0.05) is 5.56 Å². The number of thiophene rings is 1. The van der Waals surface area contributed by atoms with Crippen LogP contribution in [0.3, 0.4) is 0 Å². The normalized spacial score (nSPS) is 11.5. The number of benzene rings is 1. The lowest BCUT2D eigenvalue weighted by Crippen LogP contribution is -2.10. The van der Waals surface area contributed by atoms with E-state index in [4.69, 9.17) is 5.11 Å². The largest absolute Gasteiger partial charge is 0.477 e. The standard InChI is InChI=1S/C15H16O2S/c1-15(2,3)11-6-4-10(5-7-11)12-8-9-18-13(12)14(16)17/h4-9H,1-3H3,(H,16,17). The van der Waals surface area contributed by atoms with Crippen LogP contribution in [0.1, 0.15) is 36.0 Å². The van der Waals surface area contributed by atoms with Crippen molar-refractivity contribution in [2.24, 2.45) is 0 Å². The fourth-order valence-corrected chi connectivity index (χ4v) is 2.61. The topological polar surface area (TPSA) is 37.3 Å². The van der Waals surface area contributed by atoms with Gasteiger partial charge in [0.05, 0.1) is 0 Å². The second kappa shape index (κ2) is 4.58. The molecule has 3 heteroatoms. The van der Waals surface area contributed by atoms with Crippen LogP contribution in [-0.2, 0) is 5.41 Å². The van der Waals surface area contributed by atoms with Crippen molar-refractivity contribution >= 4 is 17.3 Å². The molecule has 0 aliphatic rings. The highest BCUT2D eigenvalue weighted by molar-refractivity contribution is 7.12. The number of rotatable bonds is 2. The molecule has 0 aliphatic carbocycles. The van der Waals surface area contributed by atoms with E-state index in [9.17, 15) is 4.79 Å². The predicted molar refractivity (Wildman–Crippen MR) is 75.4 cm³/mol. The van der Waals surface area contributed by atoms with Crippen LogP contribution in [0.2, 0.25) is 0 Å². The smallest absolute Gasteiger partial charge is 0.346 e. The third-order valence-corrected chi connectivity index (χ3v) is 3.82. The summed E-state index contributed by atoms with van der Waals surface area (Å²) in [4.78, 5) is 11.5. The summed E-state index contributed by atoms with van der Waals surface area (Å²) >= 11 is 1.26. The van der Waals surface area contributed by atoms with Gasteiger partial charge in [0.25, 0.3) is 0 Å². The van der Waals surface area contributed by atoms with Crippen molar-refractivity contribution in [3.05, 3.63) is 46.2 Å². The first-order chi connectivity index (χ1) is 8.39. The van der Waals surface area contributed by atoms with E-state index in [2.05, 4.69) is 32.9 Å². The molecule has 0 bridgehead atoms. The minimum absolute atomic E-state index is 0.114. The molecular weight excluding hydrogens is 244 g/mol. The second-order valence-electron chi connectivity index (χ2n) is 5.30. The Hall–Kier alpha value is -1.61. The van der Waals surface area contributed by atoms with Crippen molar-refractivity contribution in [1.82, 2.24) is 0 Å². The first-order valence-electron chi connectivity index (χ1n) is 5.81. The molecule has 0 atom stereocenters. The molecule has 18 heavy (non-hydrogen) atoms. The van der Waals surface area contributed by atoms with Gasteiger partial charge >= 0.3 is 5.97 Å². The Balaban J connectivity index is 2.41. The first-order valence-corrected chi connectivity index (χ1v) is 6.69. The van der Waals surface area contributed by atoms with E-state index in [0.717, 1.165) is 11.1 Å². The first kappa shape index (κ1) is 12.8. The summed E-state index contributed by atoms with van der Waals surface area (Å²) in [6.45, 7) is 6.49. The molecule has 2 aromatic rings. The summed E-state index contributed by atoms with van der Waals surface area (Å²) in [6, 6.07) is 9.99. The number of hydrogen-bond donors (Lipinski definition) is 1. The van der Waals surface area contributed by atoms with Crippen LogP contribution >= 0.6 is 11.3 Å². The number of hydrogen-bond acceptors (Lipinski definition) is 2. The van der Waals surface area contributed by atoms with Crippen LogP contribution in [0.5, 0.6) is 0 Å². The Labute approximate surface area is 111 Å². The summed E-state index contributed by atoms with van der Waals surface area (Å²) in [6.07, 6.45) is 0. The van der Waals surface area contributed by atoms with Gasteiger partial charge in [0.1, 0.15) is 4.88 Å². The SMILES string of the molecule is CC(C)(C)c1ccc(-c2ccsc2C(=O)O)cc1. The van der Waals surface area contributed by atoms with Crippen LogP contribution in [0.25, 0.3) is 11.1 Å². The quantitative estimate of drug-likeness (QED) is 0.868. The van der Waals surface area contributed by atoms with Gasteiger partial charge < -0.3 is 5.11 Å². The molecule has 0 saturated heterocycles. The van der Waals surface area contributed by atoms with E-state index in [1.165, 1.54) is 16.9 Å². The third kappa shape index (κ3) is 2.46. The molecule has 94 valence electrons. The van der Waals surface area contributed by atoms with Crippen LogP contribution in [0.15, 0.2) is 35.7 Å². The van der Waals surface area contributed by atoms with Gasteiger partial charge in [-0.1, -0.05) is 45.0 Å². The van der Waals surface area contributed by atoms with Crippen molar-refractivity contribution in [3.8, 4) is 11.1 Å². The van der Waals surface area contributed by atoms with Crippen molar-refractivity contribution in [2.75, 3.05) is 0 Å². The number of aromatic carboxylic acids is 1. The van der Waals surface area contributed by atoms with Crippen LogP contribution in [-0.4, -0.2) is 11.1 Å². The lowest BCUT2D eigenvalue weighted by molar-refractivity contribution is 0.0703. The molecule has 0 fully saturated rings. The molecule has 0 unspecified atom stereocenters. The number of carboxylic acids is 1. The van der Waals surface area contributed by atoms with Crippen LogP contribution < -0.4 is 0 Å². The number of carbonyl (C=O) groups is 1. The summed E-state index contributed by atoms with van der Waals surface area (Å²) in [5.74, 6) is -0.861. The maximum atomic E-state index is 11.1. The zero-order valence-corrected chi connectivity index (χ0v) is 11.5. The predicted octanol–water partition coefficient (Wildman–Crippen LogP) is 4.41. The van der Waals surface area contributed by atoms with Gasteiger partial charge in [-0.15, -0.1) is 11.3 Å². The third-order valence-electron chi connectivity index (χ3n) is 2.92. The molecule has 2 rings (SSSR count). The van der Waals surface area contributed by atoms with Gasteiger partial charge in [-0.2, -0.15) is 0 Å². The Morgan fingerprint density at radius 2 is 1.72 bits per heavy atom. The molecule has 0 aliphatic heterocycles. The lowest BCUT2D eigenvalue weighted by atomic mass is 9.86. The Morgan fingerprint density at radius 3 is 2.22 bits per heavy atom. The van der Waals surface area contributed by atoms with E-state index in [0.29, 0.717) is 4.88 Å². The van der Waals surface area contributed by atoms with Crippen molar-refractivity contribution in [2.45, 2.75) is 26.2 Å². The maximum absolute atomic E-state index is 11.1. The Bertz CT molecular complexity index is 559. The lowest BCUT2D eigenvalue weighted by Gasteiger charge is -2.19. The summed E-state index contributed by atoms with van der Waals surface area (Å²) in [5.41, 5.74) is 3.12. The molecule has 0 spiro atoms. The van der Waals surface area contributed by atoms with E-state index in [1.54, 1.807) is 0 Å². The highest BCUT2D eigenvalue weighted by Gasteiger charge is 2.16. The molecule has 1 aromatic carbocycles. The van der Waals surface area contributed by atoms with E-state index in [1.807, 2.05) is 23.6 Å². The minimum Gasteiger partial charge on any atom is -0.477 e. The monoisotopic (exact) mass is 260 g/mol. The zero-order valence-electron chi connectivity index (χ0n) is 10.7. The number of carboxylic acid groups (broad SMARTS) is 1. The average Bonchev–Trinajstić information content (AvgIpc) is 2.77. The summed E-state index contributed by atoms with van der Waals surface area (Å²) in [7, 11) is 0. The van der Waals surface area contributed by atoms with Crippen LogP contribution in [0, 0.1) is 0 Å². The van der Waals surface area contributed by atoms with Gasteiger partial charge in [-0.05, 0) is 28.0 Å². The van der Waals surface area contributed by atoms with E-state index >= 15 is 0 Å². The summed E-state index contributed by atoms with van der Waals surface area (Å²) < 4.78 is 0. The highest BCUT2D eigenvalue weighted by atomic mass is 32.1. The molecule has 0 radical (unpaired) electrons. The molecule has 2 nitrogen and oxygen atoms in total. The fourth-order valence-electron chi connectivity index (χ4n) is 1.85. The summed E-state index contributed by atoms with van der Waals surface area (Å²) in [5, 5.41) is 10.9. The molecule has 0 amide bonds. The van der Waals surface area contributed by atoms with Gasteiger partial charge in [0.15, 0.2) is 0 Å². The van der Waals surface area contributed by atoms with Crippen molar-refractivity contribution in [1.29, 1.82) is 0 Å². The molecular formula is C15H16O2S. The molecule has 1 heterocycles. The van der Waals surface area contributed by atoms with E-state index < -0.39 is 5.97 Å². The van der Waals surface area contributed by atoms with E-state index in [-0.39, 0.29) is 5.41 Å². The average molecular weight is 260 g/mol. The molecule has 1 N–H and O–H groups in total. The molecule has 0 saturated carbocycles. The Morgan fingerprint density at radius 1 is 1.11 bits per heavy atom. The minimum atomic E-state index is -0.861. The van der Waals surface area contributed by atoms with Crippen molar-refractivity contribution in [3.63, 3.8) is 0 Å². The zero-order chi connectivity index (χ0) is 13.3. The molecule has 1 aromatic heterocycles. The second-order valence-corrected chi connectivity index (χ2v) is 6.21. The van der Waals surface area contributed by atoms with Crippen molar-refractivity contribution < 1.29 is 9.90 Å². The highest BCUT2D eigenvalue weighted by Crippen LogP contribution is 2.30. The maximum Gasteiger partial charge on any atom is 0.346 e. The van der Waals surface area contributed by atoms with Crippen LogP contribution in [0.4, 0.5) is 0 Å². The fraction of sp³-hybridized carbons (Fsp3) is 0.267. The van der Waals surface area contributed by atoms with Gasteiger partial charge in [-0.25, -0.2) is 4.79 Å². The van der Waals surface area contributed by atoms with Gasteiger partial charge in [0.2, 0.25) is 0 Å².